The molecule has 92 valence electrons. The third kappa shape index (κ3) is 2.90. The first-order valence-electron chi connectivity index (χ1n) is 5.04. The number of hydrogen-bond acceptors (Lipinski definition) is 3. The van der Waals surface area contributed by atoms with Crippen LogP contribution in [-0.2, 0) is 0 Å². The molecular formula is C12H9Cl2N3S. The Bertz CT molecular complexity index is 602. The monoisotopic (exact) mass is 297 g/mol. The highest BCUT2D eigenvalue weighted by molar-refractivity contribution is 7.80. The van der Waals surface area contributed by atoms with E-state index >= 15 is 0 Å². The topological polar surface area (TPSA) is 50.9 Å². The zero-order valence-electron chi connectivity index (χ0n) is 9.15. The fraction of sp³-hybridized carbons (Fsp3) is 0. The van der Waals surface area contributed by atoms with Crippen LogP contribution in [0.1, 0.15) is 5.56 Å². The first-order valence-corrected chi connectivity index (χ1v) is 6.20. The lowest BCUT2D eigenvalue weighted by Gasteiger charge is -2.11. The summed E-state index contributed by atoms with van der Waals surface area (Å²) < 4.78 is 0. The second kappa shape index (κ2) is 5.52. The number of thiocarbonyl (C=S) groups is 1. The lowest BCUT2D eigenvalue weighted by molar-refractivity contribution is 1.31. The molecule has 1 heterocycles. The van der Waals surface area contributed by atoms with Gasteiger partial charge in [-0.05, 0) is 24.3 Å². The van der Waals surface area contributed by atoms with Gasteiger partial charge in [0.05, 0.1) is 22.6 Å². The van der Waals surface area contributed by atoms with Gasteiger partial charge in [0.15, 0.2) is 0 Å². The lowest BCUT2D eigenvalue weighted by Crippen LogP contribution is -2.12. The van der Waals surface area contributed by atoms with Gasteiger partial charge in [-0.25, -0.2) is 0 Å². The smallest absolute Gasteiger partial charge is 0.106 e. The zero-order valence-corrected chi connectivity index (χ0v) is 11.5. The Morgan fingerprint density at radius 1 is 1.22 bits per heavy atom. The average molecular weight is 298 g/mol. The Kier molecular flexibility index (Phi) is 4.01. The summed E-state index contributed by atoms with van der Waals surface area (Å²) in [5, 5.41) is 4.22. The second-order valence-corrected chi connectivity index (χ2v) is 4.82. The van der Waals surface area contributed by atoms with E-state index < -0.39 is 0 Å². The highest BCUT2D eigenvalue weighted by Gasteiger charge is 2.07. The molecule has 6 heteroatoms. The Morgan fingerprint density at radius 2 is 2.00 bits per heavy atom. The first-order chi connectivity index (χ1) is 8.58. The molecule has 0 spiro atoms. The van der Waals surface area contributed by atoms with Crippen LogP contribution in [0.4, 0.5) is 11.4 Å². The van der Waals surface area contributed by atoms with Crippen LogP contribution in [0, 0.1) is 0 Å². The molecule has 3 N–H and O–H groups in total. The van der Waals surface area contributed by atoms with E-state index in [-0.39, 0.29) is 0 Å². The highest BCUT2D eigenvalue weighted by Crippen LogP contribution is 2.29. The zero-order chi connectivity index (χ0) is 13.1. The summed E-state index contributed by atoms with van der Waals surface area (Å²) >= 11 is 16.9. The van der Waals surface area contributed by atoms with E-state index in [4.69, 9.17) is 41.2 Å². The number of nitrogens with one attached hydrogen (secondary N) is 1. The molecule has 0 aliphatic heterocycles. The minimum atomic E-state index is 0.296. The van der Waals surface area contributed by atoms with Crippen LogP contribution < -0.4 is 11.1 Å². The number of nitrogens with two attached hydrogens (primary N) is 1. The fourth-order valence-electron chi connectivity index (χ4n) is 1.44. The molecule has 0 saturated carbocycles. The van der Waals surface area contributed by atoms with Crippen molar-refractivity contribution in [2.24, 2.45) is 5.73 Å². The van der Waals surface area contributed by atoms with Crippen molar-refractivity contribution in [2.75, 3.05) is 5.32 Å². The van der Waals surface area contributed by atoms with E-state index in [9.17, 15) is 0 Å². The van der Waals surface area contributed by atoms with E-state index in [1.165, 1.54) is 0 Å². The summed E-state index contributed by atoms with van der Waals surface area (Å²) in [5.74, 6) is 0. The Balaban J connectivity index is 2.37. The molecule has 0 aliphatic carbocycles. The van der Waals surface area contributed by atoms with Crippen molar-refractivity contribution in [3.8, 4) is 0 Å². The van der Waals surface area contributed by atoms with Crippen LogP contribution in [0.2, 0.25) is 10.0 Å². The minimum Gasteiger partial charge on any atom is -0.389 e. The van der Waals surface area contributed by atoms with E-state index in [0.717, 1.165) is 0 Å². The van der Waals surface area contributed by atoms with Crippen molar-refractivity contribution in [2.45, 2.75) is 0 Å². The van der Waals surface area contributed by atoms with Gasteiger partial charge in [0.1, 0.15) is 4.99 Å². The molecule has 18 heavy (non-hydrogen) atoms. The second-order valence-electron chi connectivity index (χ2n) is 3.53. The van der Waals surface area contributed by atoms with Crippen LogP contribution in [0.25, 0.3) is 0 Å². The van der Waals surface area contributed by atoms with Crippen molar-refractivity contribution in [1.82, 2.24) is 4.98 Å². The van der Waals surface area contributed by atoms with Crippen molar-refractivity contribution < 1.29 is 0 Å². The molecule has 0 radical (unpaired) electrons. The predicted molar refractivity (Wildman–Crippen MR) is 79.9 cm³/mol. The third-order valence-corrected chi connectivity index (χ3v) is 3.05. The third-order valence-electron chi connectivity index (χ3n) is 2.29. The van der Waals surface area contributed by atoms with Crippen LogP contribution in [0.5, 0.6) is 0 Å². The summed E-state index contributed by atoms with van der Waals surface area (Å²) in [6.07, 6.45) is 3.27. The fourth-order valence-corrected chi connectivity index (χ4v) is 2.08. The molecule has 2 aromatic rings. The van der Waals surface area contributed by atoms with Gasteiger partial charge in [-0.1, -0.05) is 35.4 Å². The van der Waals surface area contributed by atoms with Crippen LogP contribution in [0.15, 0.2) is 36.7 Å². The summed E-state index contributed by atoms with van der Waals surface area (Å²) in [7, 11) is 0. The summed E-state index contributed by atoms with van der Waals surface area (Å²) in [4.78, 5) is 4.32. The van der Waals surface area contributed by atoms with Crippen LogP contribution in [0.3, 0.4) is 0 Å². The van der Waals surface area contributed by atoms with E-state index in [2.05, 4.69) is 10.3 Å². The molecule has 0 unspecified atom stereocenters. The minimum absolute atomic E-state index is 0.296. The average Bonchev–Trinajstić information content (AvgIpc) is 2.33. The number of halogens is 2. The van der Waals surface area contributed by atoms with Gasteiger partial charge in [-0.15, -0.1) is 0 Å². The van der Waals surface area contributed by atoms with Crippen molar-refractivity contribution in [3.63, 3.8) is 0 Å². The maximum absolute atomic E-state index is 6.08. The molecule has 3 nitrogen and oxygen atoms in total. The van der Waals surface area contributed by atoms with E-state index in [1.54, 1.807) is 36.7 Å². The molecule has 0 aliphatic rings. The van der Waals surface area contributed by atoms with E-state index in [1.807, 2.05) is 0 Å². The molecule has 1 aromatic heterocycles. The number of aromatic nitrogens is 1. The predicted octanol–water partition coefficient (Wildman–Crippen LogP) is 3.77. The number of benzene rings is 1. The van der Waals surface area contributed by atoms with Gasteiger partial charge in [0, 0.05) is 16.8 Å². The number of rotatable bonds is 3. The van der Waals surface area contributed by atoms with Gasteiger partial charge in [-0.2, -0.15) is 0 Å². The molecule has 1 aromatic carbocycles. The standard InChI is InChI=1S/C12H9Cl2N3S/c13-7-1-2-10(9(14)5-7)17-11-6-16-4-3-8(11)12(15)18/h1-6,17H,(H2,15,18). The van der Waals surface area contributed by atoms with Gasteiger partial charge in [0.25, 0.3) is 0 Å². The normalized spacial score (nSPS) is 10.1. The van der Waals surface area contributed by atoms with Gasteiger partial charge >= 0.3 is 0 Å². The number of hydrogen-bond donors (Lipinski definition) is 2. The molecular weight excluding hydrogens is 289 g/mol. The highest BCUT2D eigenvalue weighted by atomic mass is 35.5. The maximum Gasteiger partial charge on any atom is 0.106 e. The molecule has 0 atom stereocenters. The molecule has 0 fully saturated rings. The lowest BCUT2D eigenvalue weighted by atomic mass is 10.2. The Labute approximate surface area is 120 Å². The number of anilines is 2. The van der Waals surface area contributed by atoms with Crippen molar-refractivity contribution in [3.05, 3.63) is 52.3 Å². The van der Waals surface area contributed by atoms with Crippen LogP contribution in [-0.4, -0.2) is 9.97 Å². The van der Waals surface area contributed by atoms with Crippen molar-refractivity contribution >= 4 is 51.8 Å². The molecule has 0 saturated heterocycles. The van der Waals surface area contributed by atoms with Crippen molar-refractivity contribution in [1.29, 1.82) is 0 Å². The van der Waals surface area contributed by atoms with Gasteiger partial charge in [0.2, 0.25) is 0 Å². The molecule has 2 rings (SSSR count). The SMILES string of the molecule is NC(=S)c1ccncc1Nc1ccc(Cl)cc1Cl. The first kappa shape index (κ1) is 13.1. The molecule has 0 amide bonds. The Hall–Kier alpha value is -1.36. The number of pyridine rings is 1. The summed E-state index contributed by atoms with van der Waals surface area (Å²) in [6.45, 7) is 0. The largest absolute Gasteiger partial charge is 0.389 e. The van der Waals surface area contributed by atoms with Gasteiger partial charge in [-0.3, -0.25) is 4.98 Å². The number of nitrogens with zero attached hydrogens (tertiary/aromatic N) is 1. The van der Waals surface area contributed by atoms with Gasteiger partial charge < -0.3 is 11.1 Å². The van der Waals surface area contributed by atoms with Crippen LogP contribution >= 0.6 is 35.4 Å². The summed E-state index contributed by atoms with van der Waals surface area (Å²) in [6, 6.07) is 6.92. The quantitative estimate of drug-likeness (QED) is 0.847. The maximum atomic E-state index is 6.08. The summed E-state index contributed by atoms with van der Waals surface area (Å²) in [5.41, 5.74) is 7.77. The molecule has 0 bridgehead atoms. The van der Waals surface area contributed by atoms with E-state index in [0.29, 0.717) is 32.0 Å². The Morgan fingerprint density at radius 3 is 2.67 bits per heavy atom.